The Morgan fingerprint density at radius 2 is 1.79 bits per heavy atom. The van der Waals surface area contributed by atoms with Gasteiger partial charge in [0.15, 0.2) is 0 Å². The number of carbonyl (C=O) groups is 1. The Hall–Kier alpha value is -2.88. The van der Waals surface area contributed by atoms with Gasteiger partial charge in [-0.2, -0.15) is 13.2 Å². The van der Waals surface area contributed by atoms with E-state index in [1.807, 2.05) is 0 Å². The summed E-state index contributed by atoms with van der Waals surface area (Å²) in [6, 6.07) is 4.39. The van der Waals surface area contributed by atoms with E-state index in [9.17, 15) is 32.7 Å². The molecule has 0 aliphatic carbocycles. The maximum Gasteiger partial charge on any atom is 0.416 e. The minimum absolute atomic E-state index is 0.222. The number of hydrogen-bond donors (Lipinski definition) is 2. The second-order valence-corrected chi connectivity index (χ2v) is 6.27. The second kappa shape index (κ2) is 8.42. The molecule has 0 aliphatic heterocycles. The van der Waals surface area contributed by atoms with E-state index < -0.39 is 41.0 Å². The summed E-state index contributed by atoms with van der Waals surface area (Å²) in [6.07, 6.45) is -4.22. The van der Waals surface area contributed by atoms with Crippen molar-refractivity contribution in [2.24, 2.45) is 7.05 Å². The van der Waals surface area contributed by atoms with E-state index in [1.165, 1.54) is 13.2 Å². The highest BCUT2D eigenvalue weighted by Crippen LogP contribution is 2.30. The number of nitrogens with zero attached hydrogens (tertiary/aromatic N) is 2. The van der Waals surface area contributed by atoms with Crippen molar-refractivity contribution in [3.8, 4) is 0 Å². The largest absolute Gasteiger partial charge is 0.416 e. The van der Waals surface area contributed by atoms with Crippen LogP contribution in [0.3, 0.4) is 0 Å². The normalized spacial score (nSPS) is 13.8. The third kappa shape index (κ3) is 4.89. The van der Waals surface area contributed by atoms with E-state index in [1.54, 1.807) is 6.92 Å². The average Bonchev–Trinajstić information content (AvgIpc) is 2.65. The number of halogens is 3. The Kier molecular flexibility index (Phi) is 6.45. The molecule has 28 heavy (non-hydrogen) atoms. The van der Waals surface area contributed by atoms with Gasteiger partial charge in [0, 0.05) is 19.3 Å². The van der Waals surface area contributed by atoms with E-state index in [0.717, 1.165) is 39.5 Å². The molecule has 0 spiro atoms. The Labute approximate surface area is 158 Å². The summed E-state index contributed by atoms with van der Waals surface area (Å²) in [5.41, 5.74) is -1.79. The zero-order valence-electron chi connectivity index (χ0n) is 15.2. The van der Waals surface area contributed by atoms with Crippen LogP contribution in [-0.2, 0) is 24.6 Å². The van der Waals surface area contributed by atoms with Gasteiger partial charge in [0.25, 0.3) is 5.56 Å². The van der Waals surface area contributed by atoms with Crippen molar-refractivity contribution in [2.75, 3.05) is 0 Å². The highest BCUT2D eigenvalue weighted by atomic mass is 19.4. The van der Waals surface area contributed by atoms with E-state index >= 15 is 0 Å². The highest BCUT2D eigenvalue weighted by Gasteiger charge is 2.30. The highest BCUT2D eigenvalue weighted by molar-refractivity contribution is 5.76. The number of aliphatic hydroxyl groups is 1. The molecule has 0 saturated heterocycles. The predicted molar refractivity (Wildman–Crippen MR) is 94.6 cm³/mol. The van der Waals surface area contributed by atoms with Crippen LogP contribution in [0, 0.1) is 0 Å². The number of nitrogens with one attached hydrogen (secondary N) is 1. The van der Waals surface area contributed by atoms with Gasteiger partial charge in [-0.05, 0) is 24.1 Å². The molecule has 10 heteroatoms. The standard InChI is InChI=1S/C18H20F3N3O4/c1-3-13(16(27)11-4-6-12(7-5-11)18(19,20)21)22-14(25)10-24-9-8-15(26)23(2)17(24)28/h4-9,13,16,27H,3,10H2,1-2H3,(H,22,25)/t13-,16+/m0/s1. The van der Waals surface area contributed by atoms with Gasteiger partial charge in [-0.3, -0.25) is 18.7 Å². The van der Waals surface area contributed by atoms with Gasteiger partial charge in [0.05, 0.1) is 17.7 Å². The van der Waals surface area contributed by atoms with E-state index in [2.05, 4.69) is 5.32 Å². The van der Waals surface area contributed by atoms with Crippen LogP contribution in [0.2, 0.25) is 0 Å². The second-order valence-electron chi connectivity index (χ2n) is 6.27. The lowest BCUT2D eigenvalue weighted by Gasteiger charge is -2.24. The van der Waals surface area contributed by atoms with Gasteiger partial charge in [-0.25, -0.2) is 4.79 Å². The number of aliphatic hydroxyl groups excluding tert-OH is 1. The molecule has 2 N–H and O–H groups in total. The SMILES string of the molecule is CC[C@H](NC(=O)Cn1ccc(=O)n(C)c1=O)[C@H](O)c1ccc(C(F)(F)F)cc1. The maximum atomic E-state index is 12.6. The van der Waals surface area contributed by atoms with Crippen LogP contribution in [0.4, 0.5) is 13.2 Å². The van der Waals surface area contributed by atoms with Crippen LogP contribution in [-0.4, -0.2) is 26.2 Å². The van der Waals surface area contributed by atoms with Crippen LogP contribution in [0.25, 0.3) is 0 Å². The van der Waals surface area contributed by atoms with Gasteiger partial charge in [-0.15, -0.1) is 0 Å². The van der Waals surface area contributed by atoms with Crippen molar-refractivity contribution in [3.05, 3.63) is 68.5 Å². The van der Waals surface area contributed by atoms with Crippen molar-refractivity contribution < 1.29 is 23.1 Å². The fraction of sp³-hybridized carbons (Fsp3) is 0.389. The van der Waals surface area contributed by atoms with E-state index in [0.29, 0.717) is 6.42 Å². The fourth-order valence-electron chi connectivity index (χ4n) is 2.65. The van der Waals surface area contributed by atoms with Gasteiger partial charge >= 0.3 is 11.9 Å². The molecule has 1 aromatic carbocycles. The molecule has 0 aliphatic rings. The summed E-state index contributed by atoms with van der Waals surface area (Å²) < 4.78 is 39.8. The number of aromatic nitrogens is 2. The van der Waals surface area contributed by atoms with Gasteiger partial charge in [0.2, 0.25) is 5.91 Å². The summed E-state index contributed by atoms with van der Waals surface area (Å²) >= 11 is 0. The molecule has 1 heterocycles. The third-order valence-corrected chi connectivity index (χ3v) is 4.32. The Balaban J connectivity index is 2.10. The summed E-state index contributed by atoms with van der Waals surface area (Å²) in [6.45, 7) is 1.32. The summed E-state index contributed by atoms with van der Waals surface area (Å²) in [5.74, 6) is -0.585. The predicted octanol–water partition coefficient (Wildman–Crippen LogP) is 1.19. The first-order valence-electron chi connectivity index (χ1n) is 8.45. The maximum absolute atomic E-state index is 12.6. The van der Waals surface area contributed by atoms with Crippen molar-refractivity contribution in [1.29, 1.82) is 0 Å². The number of carbonyl (C=O) groups excluding carboxylic acids is 1. The van der Waals surface area contributed by atoms with Gasteiger partial charge < -0.3 is 10.4 Å². The molecule has 0 fully saturated rings. The molecule has 2 aromatic rings. The van der Waals surface area contributed by atoms with Gasteiger partial charge in [-0.1, -0.05) is 19.1 Å². The first kappa shape index (κ1) is 21.4. The molecule has 1 aromatic heterocycles. The molecule has 2 atom stereocenters. The number of rotatable bonds is 6. The average molecular weight is 399 g/mol. The topological polar surface area (TPSA) is 93.3 Å². The molecule has 0 unspecified atom stereocenters. The molecule has 152 valence electrons. The van der Waals surface area contributed by atoms with Crippen LogP contribution in [0.15, 0.2) is 46.1 Å². The Morgan fingerprint density at radius 3 is 2.32 bits per heavy atom. The minimum Gasteiger partial charge on any atom is -0.386 e. The summed E-state index contributed by atoms with van der Waals surface area (Å²) in [4.78, 5) is 35.6. The first-order valence-corrected chi connectivity index (χ1v) is 8.45. The number of benzene rings is 1. The Morgan fingerprint density at radius 1 is 1.18 bits per heavy atom. The van der Waals surface area contributed by atoms with Crippen molar-refractivity contribution in [1.82, 2.24) is 14.5 Å². The molecular formula is C18H20F3N3O4. The third-order valence-electron chi connectivity index (χ3n) is 4.32. The quantitative estimate of drug-likeness (QED) is 0.763. The molecule has 0 radical (unpaired) electrons. The van der Waals surface area contributed by atoms with E-state index in [4.69, 9.17) is 0 Å². The zero-order chi connectivity index (χ0) is 21.1. The number of hydrogen-bond acceptors (Lipinski definition) is 4. The van der Waals surface area contributed by atoms with E-state index in [-0.39, 0.29) is 12.1 Å². The first-order chi connectivity index (χ1) is 13.0. The molecule has 2 rings (SSSR count). The Bertz CT molecular complexity index is 948. The summed E-state index contributed by atoms with van der Waals surface area (Å²) in [5, 5.41) is 13.0. The lowest BCUT2D eigenvalue weighted by molar-refractivity contribution is -0.137. The lowest BCUT2D eigenvalue weighted by Crippen LogP contribution is -2.44. The molecule has 1 amide bonds. The van der Waals surface area contributed by atoms with Crippen LogP contribution < -0.4 is 16.6 Å². The molecular weight excluding hydrogens is 379 g/mol. The van der Waals surface area contributed by atoms with Crippen molar-refractivity contribution >= 4 is 5.91 Å². The van der Waals surface area contributed by atoms with Crippen molar-refractivity contribution in [3.63, 3.8) is 0 Å². The minimum atomic E-state index is -4.48. The smallest absolute Gasteiger partial charge is 0.386 e. The monoisotopic (exact) mass is 399 g/mol. The molecule has 0 saturated carbocycles. The number of alkyl halides is 3. The number of amides is 1. The fourth-order valence-corrected chi connectivity index (χ4v) is 2.65. The zero-order valence-corrected chi connectivity index (χ0v) is 15.2. The van der Waals surface area contributed by atoms with Crippen LogP contribution in [0.1, 0.15) is 30.6 Å². The lowest BCUT2D eigenvalue weighted by atomic mass is 9.99. The molecule has 0 bridgehead atoms. The van der Waals surface area contributed by atoms with Gasteiger partial charge in [0.1, 0.15) is 6.54 Å². The van der Waals surface area contributed by atoms with Crippen molar-refractivity contribution in [2.45, 2.75) is 38.2 Å². The van der Waals surface area contributed by atoms with Crippen LogP contribution in [0.5, 0.6) is 0 Å². The van der Waals surface area contributed by atoms with Crippen LogP contribution >= 0.6 is 0 Å². The summed E-state index contributed by atoms with van der Waals surface area (Å²) in [7, 11) is 1.28. The molecule has 7 nitrogen and oxygen atoms in total.